The highest BCUT2D eigenvalue weighted by Crippen LogP contribution is 2.37. The molecule has 1 fully saturated rings. The maximum absolute atomic E-state index is 13.7. The van der Waals surface area contributed by atoms with Crippen molar-refractivity contribution >= 4 is 49.1 Å². The molecule has 0 radical (unpaired) electrons. The summed E-state index contributed by atoms with van der Waals surface area (Å²) >= 11 is 12.5. The summed E-state index contributed by atoms with van der Waals surface area (Å²) in [4.78, 5) is 34.8. The number of benzene rings is 1. The van der Waals surface area contributed by atoms with Crippen LogP contribution in [0, 0.1) is 0 Å². The first kappa shape index (κ1) is 30.5. The predicted octanol–water partition coefficient (Wildman–Crippen LogP) is 7.43. The molecule has 38 heavy (non-hydrogen) atoms. The Kier molecular flexibility index (Phi) is 10.4. The maximum atomic E-state index is 13.7. The van der Waals surface area contributed by atoms with Crippen molar-refractivity contribution in [2.75, 3.05) is 18.1 Å². The molecule has 1 aliphatic rings. The molecule has 1 saturated carbocycles. The van der Waals surface area contributed by atoms with Gasteiger partial charge in [-0.3, -0.25) is 9.59 Å². The van der Waals surface area contributed by atoms with Crippen molar-refractivity contribution in [2.45, 2.75) is 90.0 Å². The highest BCUT2D eigenvalue weighted by atomic mass is 35.5. The summed E-state index contributed by atoms with van der Waals surface area (Å²) in [5, 5.41) is 0.0852. The van der Waals surface area contributed by atoms with Crippen LogP contribution in [0.5, 0.6) is 0 Å². The van der Waals surface area contributed by atoms with Gasteiger partial charge in [0.1, 0.15) is 28.3 Å². The lowest BCUT2D eigenvalue weighted by molar-refractivity contribution is -0.150. The van der Waals surface area contributed by atoms with Gasteiger partial charge in [-0.15, -0.1) is 0 Å². The smallest absolute Gasteiger partial charge is 0.305 e. The lowest BCUT2D eigenvalue weighted by Gasteiger charge is -2.37. The number of esters is 1. The van der Waals surface area contributed by atoms with Gasteiger partial charge in [-0.2, -0.15) is 0 Å². The number of aromatic nitrogens is 2. The van der Waals surface area contributed by atoms with Crippen molar-refractivity contribution in [3.05, 3.63) is 52.0 Å². The lowest BCUT2D eigenvalue weighted by atomic mass is 9.82. The zero-order valence-corrected chi connectivity index (χ0v) is 25.7. The van der Waals surface area contributed by atoms with Crippen LogP contribution in [-0.2, 0) is 14.0 Å². The lowest BCUT2D eigenvalue weighted by Crippen LogP contribution is -2.43. The Labute approximate surface area is 237 Å². The van der Waals surface area contributed by atoms with Gasteiger partial charge in [0.2, 0.25) is 0 Å². The molecule has 0 saturated heterocycles. The third-order valence-electron chi connectivity index (χ3n) is 7.73. The van der Waals surface area contributed by atoms with Crippen molar-refractivity contribution in [2.24, 2.45) is 0 Å². The van der Waals surface area contributed by atoms with Crippen molar-refractivity contribution in [3.63, 3.8) is 0 Å². The van der Waals surface area contributed by atoms with Crippen LogP contribution >= 0.6 is 23.2 Å². The quantitative estimate of drug-likeness (QED) is 0.174. The number of hydrogen-bond acceptors (Lipinski definition) is 6. The summed E-state index contributed by atoms with van der Waals surface area (Å²) in [5.74, 6) is -0.118. The molecule has 1 aromatic carbocycles. The molecule has 1 aromatic heterocycles. The Bertz CT molecular complexity index is 1090. The number of ether oxygens (including phenoxy) is 1. The monoisotopic (exact) mass is 579 g/mol. The number of halogens is 2. The molecule has 3 rings (SSSR count). The summed E-state index contributed by atoms with van der Waals surface area (Å²) < 4.78 is 11.9. The number of amides is 1. The van der Waals surface area contributed by atoms with Crippen LogP contribution in [0.2, 0.25) is 28.4 Å². The largest absolute Gasteiger partial charge is 0.462 e. The van der Waals surface area contributed by atoms with Gasteiger partial charge in [0, 0.05) is 18.7 Å². The fraction of sp³-hybridized carbons (Fsp3) is 0.571. The molecule has 2 aromatic rings. The summed E-state index contributed by atoms with van der Waals surface area (Å²) in [6.45, 7) is 13.5. The van der Waals surface area contributed by atoms with Gasteiger partial charge in [0.05, 0.1) is 6.61 Å². The molecular formula is C28H39Cl2N3O4Si. The first-order valence-corrected chi connectivity index (χ1v) is 16.9. The third kappa shape index (κ3) is 7.55. The Hall–Kier alpha value is -2.00. The van der Waals surface area contributed by atoms with Crippen LogP contribution in [0.4, 0.5) is 5.69 Å². The molecule has 1 heterocycles. The van der Waals surface area contributed by atoms with E-state index in [0.717, 1.165) is 31.4 Å². The standard InChI is InChI=1S/C28H39Cl2N3O4Si/c1-7-23(34)37-22-14-10-20(11-15-22)19-8-12-21(13-9-19)33(16-17-36-38(5,6)28(2,3)4)27(35)24-25(29)31-18-32-26(24)30/h8-9,12-13,18,20,22H,7,10-11,14-17H2,1-6H3. The maximum Gasteiger partial charge on any atom is 0.305 e. The second-order valence-electron chi connectivity index (χ2n) is 11.3. The van der Waals surface area contributed by atoms with E-state index in [1.54, 1.807) is 4.90 Å². The van der Waals surface area contributed by atoms with Crippen molar-refractivity contribution in [1.29, 1.82) is 0 Å². The Morgan fingerprint density at radius 2 is 1.61 bits per heavy atom. The second-order valence-corrected chi connectivity index (χ2v) is 16.8. The van der Waals surface area contributed by atoms with Crippen molar-refractivity contribution in [3.8, 4) is 0 Å². The fourth-order valence-electron chi connectivity index (χ4n) is 4.32. The molecule has 208 valence electrons. The Morgan fingerprint density at radius 1 is 1.03 bits per heavy atom. The number of rotatable bonds is 9. The molecular weight excluding hydrogens is 541 g/mol. The summed E-state index contributed by atoms with van der Waals surface area (Å²) in [6, 6.07) is 8.04. The Morgan fingerprint density at radius 3 is 2.13 bits per heavy atom. The van der Waals surface area contributed by atoms with E-state index in [0.29, 0.717) is 25.5 Å². The van der Waals surface area contributed by atoms with Gasteiger partial charge >= 0.3 is 5.97 Å². The van der Waals surface area contributed by atoms with Crippen LogP contribution in [0.15, 0.2) is 30.6 Å². The van der Waals surface area contributed by atoms with E-state index in [9.17, 15) is 9.59 Å². The number of anilines is 1. The van der Waals surface area contributed by atoms with Crippen LogP contribution < -0.4 is 4.90 Å². The molecule has 0 spiro atoms. The summed E-state index contributed by atoms with van der Waals surface area (Å²) in [6.07, 6.45) is 5.28. The molecule has 1 aliphatic carbocycles. The Balaban J connectivity index is 1.78. The second kappa shape index (κ2) is 12.9. The minimum Gasteiger partial charge on any atom is -0.462 e. The van der Waals surface area contributed by atoms with Crippen LogP contribution in [-0.4, -0.2) is 49.4 Å². The number of carbonyl (C=O) groups excluding carboxylic acids is 2. The first-order chi connectivity index (χ1) is 17.8. The minimum absolute atomic E-state index is 0.00886. The van der Waals surface area contributed by atoms with E-state index in [1.165, 1.54) is 11.9 Å². The van der Waals surface area contributed by atoms with E-state index in [4.69, 9.17) is 32.4 Å². The average Bonchev–Trinajstić information content (AvgIpc) is 2.86. The zero-order valence-electron chi connectivity index (χ0n) is 23.2. The summed E-state index contributed by atoms with van der Waals surface area (Å²) in [5.41, 5.74) is 2.00. The molecule has 10 heteroatoms. The van der Waals surface area contributed by atoms with Gasteiger partial charge < -0.3 is 14.1 Å². The highest BCUT2D eigenvalue weighted by molar-refractivity contribution is 6.74. The highest BCUT2D eigenvalue weighted by Gasteiger charge is 2.37. The minimum atomic E-state index is -2.00. The molecule has 0 bridgehead atoms. The van der Waals surface area contributed by atoms with Gasteiger partial charge in [-0.05, 0) is 67.4 Å². The van der Waals surface area contributed by atoms with Crippen LogP contribution in [0.1, 0.15) is 81.6 Å². The topological polar surface area (TPSA) is 81.6 Å². The fourth-order valence-corrected chi connectivity index (χ4v) is 5.83. The summed E-state index contributed by atoms with van der Waals surface area (Å²) in [7, 11) is -2.00. The third-order valence-corrected chi connectivity index (χ3v) is 12.8. The number of hydrogen-bond donors (Lipinski definition) is 0. The number of nitrogens with zero attached hydrogens (tertiary/aromatic N) is 3. The van der Waals surface area contributed by atoms with Gasteiger partial charge in [-0.25, -0.2) is 9.97 Å². The van der Waals surface area contributed by atoms with Gasteiger partial charge in [-0.1, -0.05) is 63.0 Å². The SMILES string of the molecule is CCC(=O)OC1CCC(c2ccc(N(CCO[Si](C)(C)C(C)(C)C)C(=O)c3c(Cl)ncnc3Cl)cc2)CC1. The van der Waals surface area contributed by atoms with Gasteiger partial charge in [0.25, 0.3) is 5.91 Å². The van der Waals surface area contributed by atoms with Crippen molar-refractivity contribution in [1.82, 2.24) is 9.97 Å². The molecule has 0 N–H and O–H groups in total. The first-order valence-electron chi connectivity index (χ1n) is 13.2. The van der Waals surface area contributed by atoms with E-state index >= 15 is 0 Å². The number of carbonyl (C=O) groups is 2. The molecule has 7 nitrogen and oxygen atoms in total. The predicted molar refractivity (Wildman–Crippen MR) is 155 cm³/mol. The molecule has 0 atom stereocenters. The van der Waals surface area contributed by atoms with E-state index in [-0.39, 0.29) is 38.9 Å². The average molecular weight is 581 g/mol. The van der Waals surface area contributed by atoms with E-state index in [2.05, 4.69) is 56.0 Å². The zero-order chi connectivity index (χ0) is 28.1. The van der Waals surface area contributed by atoms with Gasteiger partial charge in [0.15, 0.2) is 8.32 Å². The molecule has 0 aliphatic heterocycles. The normalized spacial score (nSPS) is 18.2. The van der Waals surface area contributed by atoms with E-state index < -0.39 is 8.32 Å². The molecule has 0 unspecified atom stereocenters. The van der Waals surface area contributed by atoms with E-state index in [1.807, 2.05) is 19.1 Å². The van der Waals surface area contributed by atoms with Crippen molar-refractivity contribution < 1.29 is 18.8 Å². The molecule has 1 amide bonds. The van der Waals surface area contributed by atoms with Crippen LogP contribution in [0.25, 0.3) is 0 Å². The van der Waals surface area contributed by atoms with Crippen LogP contribution in [0.3, 0.4) is 0 Å².